The summed E-state index contributed by atoms with van der Waals surface area (Å²) in [6, 6.07) is 4.74. The zero-order chi connectivity index (χ0) is 17.0. The number of hydrogen-bond acceptors (Lipinski definition) is 5. The number of esters is 1. The number of H-pyrrole nitrogens is 1. The molecule has 2 aromatic rings. The van der Waals surface area contributed by atoms with Crippen LogP contribution >= 0.6 is 0 Å². The van der Waals surface area contributed by atoms with Crippen LogP contribution in [0.5, 0.6) is 11.5 Å². The van der Waals surface area contributed by atoms with Gasteiger partial charge in [0.1, 0.15) is 5.75 Å². The number of fused-ring (bicyclic) bond motifs is 1. The first-order valence-corrected chi connectivity index (χ1v) is 7.66. The standard InChI is InChI=1S/C17H21NO5/c1-4-5-8-22-17(21)14-15(19)12-7-6-11(23-10(2)3)9-13(12)16(20)18-14/h6-7,9-10,19H,4-5,8H2,1-3H3,(H,18,20). The quantitative estimate of drug-likeness (QED) is 0.631. The van der Waals surface area contributed by atoms with E-state index in [1.165, 1.54) is 0 Å². The molecule has 0 aliphatic carbocycles. The van der Waals surface area contributed by atoms with Crippen LogP contribution in [0.25, 0.3) is 10.8 Å². The van der Waals surface area contributed by atoms with Crippen molar-refractivity contribution in [3.05, 3.63) is 34.2 Å². The van der Waals surface area contributed by atoms with Gasteiger partial charge in [-0.1, -0.05) is 13.3 Å². The van der Waals surface area contributed by atoms with Gasteiger partial charge in [-0.15, -0.1) is 0 Å². The summed E-state index contributed by atoms with van der Waals surface area (Å²) >= 11 is 0. The molecule has 0 saturated carbocycles. The average molecular weight is 319 g/mol. The second-order valence-corrected chi connectivity index (χ2v) is 5.54. The van der Waals surface area contributed by atoms with Gasteiger partial charge in [0, 0.05) is 5.39 Å². The topological polar surface area (TPSA) is 88.6 Å². The molecule has 0 radical (unpaired) electrons. The molecule has 0 bridgehead atoms. The molecule has 1 aromatic heterocycles. The zero-order valence-corrected chi connectivity index (χ0v) is 13.5. The number of rotatable bonds is 6. The lowest BCUT2D eigenvalue weighted by molar-refractivity contribution is 0.0489. The predicted octanol–water partition coefficient (Wildman–Crippen LogP) is 2.98. The number of aromatic amines is 1. The number of unbranched alkanes of at least 4 members (excludes halogenated alkanes) is 1. The summed E-state index contributed by atoms with van der Waals surface area (Å²) in [6.45, 7) is 5.97. The maximum Gasteiger partial charge on any atom is 0.358 e. The highest BCUT2D eigenvalue weighted by atomic mass is 16.5. The number of carbonyl (C=O) groups is 1. The molecule has 2 N–H and O–H groups in total. The Kier molecular flexibility index (Phi) is 5.26. The first-order valence-electron chi connectivity index (χ1n) is 7.66. The molecular formula is C17H21NO5. The number of benzene rings is 1. The Bertz CT molecular complexity index is 763. The summed E-state index contributed by atoms with van der Waals surface area (Å²) in [5.41, 5.74) is -0.703. The second kappa shape index (κ2) is 7.17. The van der Waals surface area contributed by atoms with Gasteiger partial charge in [0.2, 0.25) is 0 Å². The lowest BCUT2D eigenvalue weighted by Crippen LogP contribution is -2.16. The molecule has 0 atom stereocenters. The molecule has 0 unspecified atom stereocenters. The lowest BCUT2D eigenvalue weighted by Gasteiger charge is -2.11. The largest absolute Gasteiger partial charge is 0.505 e. The minimum Gasteiger partial charge on any atom is -0.505 e. The van der Waals surface area contributed by atoms with Crippen molar-refractivity contribution in [1.29, 1.82) is 0 Å². The smallest absolute Gasteiger partial charge is 0.358 e. The van der Waals surface area contributed by atoms with E-state index in [-0.39, 0.29) is 34.9 Å². The molecule has 124 valence electrons. The third kappa shape index (κ3) is 3.83. The number of nitrogens with one attached hydrogen (secondary N) is 1. The molecule has 6 nitrogen and oxygen atoms in total. The fourth-order valence-corrected chi connectivity index (χ4v) is 2.17. The van der Waals surface area contributed by atoms with Crippen molar-refractivity contribution in [2.24, 2.45) is 0 Å². The highest BCUT2D eigenvalue weighted by Gasteiger charge is 2.18. The van der Waals surface area contributed by atoms with Crippen LogP contribution in [-0.4, -0.2) is 28.8 Å². The Morgan fingerprint density at radius 2 is 2.04 bits per heavy atom. The number of hydrogen-bond donors (Lipinski definition) is 2. The van der Waals surface area contributed by atoms with E-state index in [4.69, 9.17) is 9.47 Å². The number of pyridine rings is 1. The van der Waals surface area contributed by atoms with E-state index >= 15 is 0 Å². The third-order valence-electron chi connectivity index (χ3n) is 3.27. The molecule has 0 aliphatic heterocycles. The van der Waals surface area contributed by atoms with Gasteiger partial charge in [0.05, 0.1) is 18.1 Å². The van der Waals surface area contributed by atoms with Crippen LogP contribution in [0.1, 0.15) is 44.1 Å². The minimum absolute atomic E-state index is 0.0343. The molecule has 0 fully saturated rings. The van der Waals surface area contributed by atoms with E-state index in [0.717, 1.165) is 12.8 Å². The van der Waals surface area contributed by atoms with Crippen LogP contribution in [0.2, 0.25) is 0 Å². The predicted molar refractivity (Wildman–Crippen MR) is 87.2 cm³/mol. The van der Waals surface area contributed by atoms with Crippen molar-refractivity contribution in [2.45, 2.75) is 39.7 Å². The van der Waals surface area contributed by atoms with Crippen LogP contribution < -0.4 is 10.3 Å². The van der Waals surface area contributed by atoms with E-state index in [0.29, 0.717) is 5.75 Å². The van der Waals surface area contributed by atoms with Gasteiger partial charge in [-0.3, -0.25) is 4.79 Å². The summed E-state index contributed by atoms with van der Waals surface area (Å²) in [5, 5.41) is 10.8. The molecule has 0 amide bonds. The summed E-state index contributed by atoms with van der Waals surface area (Å²) in [6.07, 6.45) is 1.57. The van der Waals surface area contributed by atoms with Crippen molar-refractivity contribution < 1.29 is 19.4 Å². The molecule has 6 heteroatoms. The van der Waals surface area contributed by atoms with Gasteiger partial charge in [-0.05, 0) is 38.5 Å². The van der Waals surface area contributed by atoms with Gasteiger partial charge in [-0.25, -0.2) is 4.79 Å². The summed E-state index contributed by atoms with van der Waals surface area (Å²) in [4.78, 5) is 26.6. The van der Waals surface area contributed by atoms with Crippen LogP contribution in [0.3, 0.4) is 0 Å². The van der Waals surface area contributed by atoms with Crippen LogP contribution in [-0.2, 0) is 4.74 Å². The SMILES string of the molecule is CCCCOC(=O)c1[nH]c(=O)c2cc(OC(C)C)ccc2c1O. The molecule has 2 rings (SSSR count). The molecule has 0 spiro atoms. The maximum atomic E-state index is 12.2. The Morgan fingerprint density at radius 3 is 2.70 bits per heavy atom. The fourth-order valence-electron chi connectivity index (χ4n) is 2.17. The highest BCUT2D eigenvalue weighted by Crippen LogP contribution is 2.28. The molecule has 0 aliphatic rings. The summed E-state index contributed by atoms with van der Waals surface area (Å²) in [5.74, 6) is -0.509. The van der Waals surface area contributed by atoms with Gasteiger partial charge >= 0.3 is 5.97 Å². The third-order valence-corrected chi connectivity index (χ3v) is 3.27. The van der Waals surface area contributed by atoms with E-state index in [1.54, 1.807) is 18.2 Å². The van der Waals surface area contributed by atoms with Gasteiger partial charge < -0.3 is 19.6 Å². The van der Waals surface area contributed by atoms with Crippen LogP contribution in [0.4, 0.5) is 0 Å². The fraction of sp³-hybridized carbons (Fsp3) is 0.412. The van der Waals surface area contributed by atoms with E-state index < -0.39 is 11.5 Å². The summed E-state index contributed by atoms with van der Waals surface area (Å²) < 4.78 is 10.6. The van der Waals surface area contributed by atoms with E-state index in [9.17, 15) is 14.7 Å². The normalized spacial score (nSPS) is 11.0. The van der Waals surface area contributed by atoms with Crippen molar-refractivity contribution in [2.75, 3.05) is 6.61 Å². The number of aromatic hydroxyl groups is 1. The zero-order valence-electron chi connectivity index (χ0n) is 13.5. The second-order valence-electron chi connectivity index (χ2n) is 5.54. The summed E-state index contributed by atoms with van der Waals surface area (Å²) in [7, 11) is 0. The molecule has 1 aromatic carbocycles. The van der Waals surface area contributed by atoms with Crippen molar-refractivity contribution in [3.63, 3.8) is 0 Å². The highest BCUT2D eigenvalue weighted by molar-refractivity contribution is 5.99. The first-order chi connectivity index (χ1) is 10.9. The van der Waals surface area contributed by atoms with Crippen molar-refractivity contribution in [3.8, 4) is 11.5 Å². The average Bonchev–Trinajstić information content (AvgIpc) is 2.50. The lowest BCUT2D eigenvalue weighted by atomic mass is 10.1. The molecule has 0 saturated heterocycles. The molecule has 1 heterocycles. The number of aromatic nitrogens is 1. The van der Waals surface area contributed by atoms with Gasteiger partial charge in [0.15, 0.2) is 11.4 Å². The van der Waals surface area contributed by atoms with E-state index in [1.807, 2.05) is 20.8 Å². The Balaban J connectivity index is 2.41. The monoisotopic (exact) mass is 319 g/mol. The van der Waals surface area contributed by atoms with Gasteiger partial charge in [0.25, 0.3) is 5.56 Å². The molecular weight excluding hydrogens is 298 g/mol. The Morgan fingerprint density at radius 1 is 1.30 bits per heavy atom. The maximum absolute atomic E-state index is 12.2. The van der Waals surface area contributed by atoms with Crippen LogP contribution in [0, 0.1) is 0 Å². The number of carbonyl (C=O) groups excluding carboxylic acids is 1. The Hall–Kier alpha value is -2.50. The van der Waals surface area contributed by atoms with E-state index in [2.05, 4.69) is 4.98 Å². The number of ether oxygens (including phenoxy) is 2. The van der Waals surface area contributed by atoms with Gasteiger partial charge in [-0.2, -0.15) is 0 Å². The molecule has 23 heavy (non-hydrogen) atoms. The van der Waals surface area contributed by atoms with Crippen molar-refractivity contribution >= 4 is 16.7 Å². The minimum atomic E-state index is -0.738. The van der Waals surface area contributed by atoms with Crippen molar-refractivity contribution in [1.82, 2.24) is 4.98 Å². The Labute approximate surface area is 134 Å². The van der Waals surface area contributed by atoms with Crippen LogP contribution in [0.15, 0.2) is 23.0 Å². The first kappa shape index (κ1) is 16.9.